The third-order valence-electron chi connectivity index (χ3n) is 3.08. The molecule has 0 aliphatic heterocycles. The lowest BCUT2D eigenvalue weighted by molar-refractivity contribution is -0.143. The number of hydrogen-bond donors (Lipinski definition) is 1. The van der Waals surface area contributed by atoms with Gasteiger partial charge in [0.1, 0.15) is 6.42 Å². The smallest absolute Gasteiger partial charge is 0.312 e. The number of aliphatic carboxylic acids is 1. The molecule has 1 N–H and O–H groups in total. The Bertz CT molecular complexity index is 234. The Morgan fingerprint density at radius 1 is 1.33 bits per heavy atom. The first-order chi connectivity index (χ1) is 7.09. The van der Waals surface area contributed by atoms with Crippen LogP contribution in [-0.2, 0) is 9.59 Å². The highest BCUT2D eigenvalue weighted by Crippen LogP contribution is 2.27. The van der Waals surface area contributed by atoms with E-state index in [2.05, 4.69) is 0 Å². The van der Waals surface area contributed by atoms with Crippen molar-refractivity contribution < 1.29 is 14.7 Å². The van der Waals surface area contributed by atoms with E-state index in [-0.39, 0.29) is 12.3 Å². The number of hydrogen-bond acceptors (Lipinski definition) is 2. The van der Waals surface area contributed by atoms with Crippen molar-refractivity contribution in [2.24, 2.45) is 5.92 Å². The van der Waals surface area contributed by atoms with E-state index < -0.39 is 5.97 Å². The summed E-state index contributed by atoms with van der Waals surface area (Å²) in [5.41, 5.74) is 0. The molecule has 4 heteroatoms. The molecule has 0 heterocycles. The first-order valence-corrected chi connectivity index (χ1v) is 5.55. The molecule has 0 aromatic rings. The summed E-state index contributed by atoms with van der Waals surface area (Å²) in [6, 6.07) is 0. The zero-order valence-electron chi connectivity index (χ0n) is 9.24. The van der Waals surface area contributed by atoms with Crippen LogP contribution in [0, 0.1) is 5.92 Å². The molecule has 4 nitrogen and oxygen atoms in total. The molecule has 1 saturated carbocycles. The molecule has 86 valence electrons. The minimum absolute atomic E-state index is 0.291. The molecular weight excluding hydrogens is 194 g/mol. The summed E-state index contributed by atoms with van der Waals surface area (Å²) in [5.74, 6) is -0.599. The molecule has 1 aliphatic carbocycles. The van der Waals surface area contributed by atoms with Crippen molar-refractivity contribution in [1.82, 2.24) is 4.90 Å². The monoisotopic (exact) mass is 213 g/mol. The van der Waals surface area contributed by atoms with Gasteiger partial charge in [-0.3, -0.25) is 9.59 Å². The molecule has 0 aromatic heterocycles. The number of amides is 1. The SMILES string of the molecule is CN(CCC1CCCC1)C(=O)CC(=O)O. The first kappa shape index (κ1) is 12.0. The van der Waals surface area contributed by atoms with E-state index in [0.29, 0.717) is 6.54 Å². The van der Waals surface area contributed by atoms with Crippen molar-refractivity contribution in [2.45, 2.75) is 38.5 Å². The van der Waals surface area contributed by atoms with Crippen LogP contribution in [0.4, 0.5) is 0 Å². The van der Waals surface area contributed by atoms with E-state index >= 15 is 0 Å². The van der Waals surface area contributed by atoms with Gasteiger partial charge < -0.3 is 10.0 Å². The zero-order valence-corrected chi connectivity index (χ0v) is 9.24. The molecule has 0 radical (unpaired) electrons. The van der Waals surface area contributed by atoms with Crippen molar-refractivity contribution in [1.29, 1.82) is 0 Å². The van der Waals surface area contributed by atoms with Crippen molar-refractivity contribution in [3.8, 4) is 0 Å². The molecule has 1 rings (SSSR count). The molecule has 0 unspecified atom stereocenters. The summed E-state index contributed by atoms with van der Waals surface area (Å²) in [7, 11) is 1.68. The molecule has 1 amide bonds. The fraction of sp³-hybridized carbons (Fsp3) is 0.818. The lowest BCUT2D eigenvalue weighted by atomic mass is 10.0. The van der Waals surface area contributed by atoms with E-state index in [4.69, 9.17) is 5.11 Å². The van der Waals surface area contributed by atoms with E-state index in [0.717, 1.165) is 12.3 Å². The van der Waals surface area contributed by atoms with Gasteiger partial charge in [0.05, 0.1) is 0 Å². The summed E-state index contributed by atoms with van der Waals surface area (Å²) in [4.78, 5) is 23.2. The van der Waals surface area contributed by atoms with Crippen molar-refractivity contribution in [3.63, 3.8) is 0 Å². The minimum Gasteiger partial charge on any atom is -0.481 e. The van der Waals surface area contributed by atoms with Gasteiger partial charge in [0.25, 0.3) is 0 Å². The Kier molecular flexibility index (Phi) is 4.59. The lowest BCUT2D eigenvalue weighted by Gasteiger charge is -2.18. The Morgan fingerprint density at radius 3 is 2.47 bits per heavy atom. The van der Waals surface area contributed by atoms with E-state index in [1.165, 1.54) is 30.6 Å². The van der Waals surface area contributed by atoms with Crippen LogP contribution in [0.2, 0.25) is 0 Å². The van der Waals surface area contributed by atoms with Gasteiger partial charge >= 0.3 is 5.97 Å². The maximum absolute atomic E-state index is 11.3. The second-order valence-electron chi connectivity index (χ2n) is 4.32. The highest BCUT2D eigenvalue weighted by molar-refractivity contribution is 5.93. The van der Waals surface area contributed by atoms with Crippen LogP contribution in [0.5, 0.6) is 0 Å². The summed E-state index contributed by atoms with van der Waals surface area (Å²) >= 11 is 0. The minimum atomic E-state index is -1.05. The normalized spacial score (nSPS) is 16.6. The number of carboxylic acids is 1. The molecule has 0 spiro atoms. The molecule has 0 aromatic carbocycles. The highest BCUT2D eigenvalue weighted by atomic mass is 16.4. The standard InChI is InChI=1S/C11H19NO3/c1-12(10(13)8-11(14)15)7-6-9-4-2-3-5-9/h9H,2-8H2,1H3,(H,14,15). The molecule has 15 heavy (non-hydrogen) atoms. The Balaban J connectivity index is 2.19. The second-order valence-corrected chi connectivity index (χ2v) is 4.32. The molecule has 1 aliphatic rings. The third kappa shape index (κ3) is 4.32. The van der Waals surface area contributed by atoms with Gasteiger partial charge in [0, 0.05) is 13.6 Å². The Labute approximate surface area is 90.3 Å². The summed E-state index contributed by atoms with van der Waals surface area (Å²) in [6.45, 7) is 0.691. The number of rotatable bonds is 5. The number of carbonyl (C=O) groups excluding carboxylic acids is 1. The van der Waals surface area contributed by atoms with Crippen LogP contribution in [-0.4, -0.2) is 35.5 Å². The predicted molar refractivity (Wildman–Crippen MR) is 56.5 cm³/mol. The number of carbonyl (C=O) groups is 2. The van der Waals surface area contributed by atoms with Crippen molar-refractivity contribution >= 4 is 11.9 Å². The van der Waals surface area contributed by atoms with Gasteiger partial charge in [-0.15, -0.1) is 0 Å². The molecular formula is C11H19NO3. The molecule has 1 fully saturated rings. The zero-order chi connectivity index (χ0) is 11.3. The van der Waals surface area contributed by atoms with Crippen LogP contribution in [0.25, 0.3) is 0 Å². The van der Waals surface area contributed by atoms with Crippen LogP contribution < -0.4 is 0 Å². The predicted octanol–water partition coefficient (Wildman–Crippen LogP) is 1.50. The Hall–Kier alpha value is -1.06. The maximum atomic E-state index is 11.3. The third-order valence-corrected chi connectivity index (χ3v) is 3.08. The largest absolute Gasteiger partial charge is 0.481 e. The second kappa shape index (κ2) is 5.73. The van der Waals surface area contributed by atoms with Crippen LogP contribution >= 0.6 is 0 Å². The average molecular weight is 213 g/mol. The van der Waals surface area contributed by atoms with Crippen molar-refractivity contribution in [2.75, 3.05) is 13.6 Å². The quantitative estimate of drug-likeness (QED) is 0.704. The average Bonchev–Trinajstić information content (AvgIpc) is 2.65. The number of nitrogens with zero attached hydrogens (tertiary/aromatic N) is 1. The Morgan fingerprint density at radius 2 is 1.93 bits per heavy atom. The van der Waals surface area contributed by atoms with E-state index in [1.807, 2.05) is 0 Å². The van der Waals surface area contributed by atoms with Crippen molar-refractivity contribution in [3.05, 3.63) is 0 Å². The van der Waals surface area contributed by atoms with Crippen LogP contribution in [0.3, 0.4) is 0 Å². The topological polar surface area (TPSA) is 57.6 Å². The highest BCUT2D eigenvalue weighted by Gasteiger charge is 2.17. The number of carboxylic acid groups (broad SMARTS) is 1. The molecule has 0 atom stereocenters. The first-order valence-electron chi connectivity index (χ1n) is 5.55. The van der Waals surface area contributed by atoms with E-state index in [1.54, 1.807) is 7.05 Å². The van der Waals surface area contributed by atoms with Gasteiger partial charge in [0.2, 0.25) is 5.91 Å². The van der Waals surface area contributed by atoms with E-state index in [9.17, 15) is 9.59 Å². The molecule has 0 bridgehead atoms. The lowest BCUT2D eigenvalue weighted by Crippen LogP contribution is -2.30. The molecule has 0 saturated heterocycles. The van der Waals surface area contributed by atoms with Gasteiger partial charge in [-0.1, -0.05) is 25.7 Å². The van der Waals surface area contributed by atoms with Gasteiger partial charge in [-0.25, -0.2) is 0 Å². The van der Waals surface area contributed by atoms with Gasteiger partial charge in [-0.05, 0) is 12.3 Å². The summed E-state index contributed by atoms with van der Waals surface area (Å²) in [6.07, 6.45) is 5.76. The summed E-state index contributed by atoms with van der Waals surface area (Å²) in [5, 5.41) is 8.47. The maximum Gasteiger partial charge on any atom is 0.312 e. The summed E-state index contributed by atoms with van der Waals surface area (Å²) < 4.78 is 0. The van der Waals surface area contributed by atoms with Gasteiger partial charge in [0.15, 0.2) is 0 Å². The fourth-order valence-electron chi connectivity index (χ4n) is 2.06. The fourth-order valence-corrected chi connectivity index (χ4v) is 2.06. The van der Waals surface area contributed by atoms with Gasteiger partial charge in [-0.2, -0.15) is 0 Å². The van der Waals surface area contributed by atoms with Crippen LogP contribution in [0.15, 0.2) is 0 Å². The van der Waals surface area contributed by atoms with Crippen LogP contribution in [0.1, 0.15) is 38.5 Å².